The SMILES string of the molecule is C[SiH](C)[C@@](O)(CCC(C)(C)C)C(C)(C)C#N. The van der Waals surface area contributed by atoms with Gasteiger partial charge in [0.25, 0.3) is 0 Å². The number of hydrogen-bond acceptors (Lipinski definition) is 2. The summed E-state index contributed by atoms with van der Waals surface area (Å²) in [6.07, 6.45) is 1.70. The molecule has 1 N–H and O–H groups in total. The molecule has 16 heavy (non-hydrogen) atoms. The molecule has 94 valence electrons. The third-order valence-electron chi connectivity index (χ3n) is 3.57. The summed E-state index contributed by atoms with van der Waals surface area (Å²) in [5, 5.41) is 19.3. The fourth-order valence-corrected chi connectivity index (χ4v) is 4.21. The lowest BCUT2D eigenvalue weighted by molar-refractivity contribution is 0.0171. The smallest absolute Gasteiger partial charge is 0.0770 e. The van der Waals surface area contributed by atoms with E-state index in [2.05, 4.69) is 39.9 Å². The highest BCUT2D eigenvalue weighted by Crippen LogP contribution is 2.39. The standard InChI is InChI=1S/C13H27NOSi/c1-11(2,3)8-9-13(15,16(6)7)12(4,5)10-14/h15-16H,8-9H2,1-7H3/t13-/m0/s1. The first-order valence-corrected chi connectivity index (χ1v) is 8.98. The van der Waals surface area contributed by atoms with Crippen molar-refractivity contribution in [3.8, 4) is 6.07 Å². The zero-order valence-electron chi connectivity index (χ0n) is 11.9. The molecule has 0 aromatic carbocycles. The van der Waals surface area contributed by atoms with Crippen molar-refractivity contribution in [2.75, 3.05) is 0 Å². The van der Waals surface area contributed by atoms with Gasteiger partial charge >= 0.3 is 0 Å². The van der Waals surface area contributed by atoms with Crippen LogP contribution in [0.2, 0.25) is 13.1 Å². The first-order chi connectivity index (χ1) is 6.96. The Morgan fingerprint density at radius 2 is 1.50 bits per heavy atom. The van der Waals surface area contributed by atoms with Crippen molar-refractivity contribution < 1.29 is 5.11 Å². The first-order valence-electron chi connectivity index (χ1n) is 6.10. The molecule has 1 atom stereocenters. The molecule has 0 spiro atoms. The fraction of sp³-hybridized carbons (Fsp3) is 0.923. The number of nitrogens with zero attached hydrogens (tertiary/aromatic N) is 1. The maximum absolute atomic E-state index is 10.8. The van der Waals surface area contributed by atoms with Crippen molar-refractivity contribution in [2.45, 2.75) is 65.8 Å². The van der Waals surface area contributed by atoms with E-state index in [0.29, 0.717) is 0 Å². The van der Waals surface area contributed by atoms with Gasteiger partial charge in [0.2, 0.25) is 0 Å². The van der Waals surface area contributed by atoms with Crippen molar-refractivity contribution in [1.29, 1.82) is 5.26 Å². The van der Waals surface area contributed by atoms with Crippen molar-refractivity contribution in [3.63, 3.8) is 0 Å². The molecule has 0 aromatic heterocycles. The summed E-state index contributed by atoms with van der Waals surface area (Å²) in [5.74, 6) is 0. The Hall–Kier alpha value is -0.333. The minimum Gasteiger partial charge on any atom is -0.392 e. The van der Waals surface area contributed by atoms with Crippen LogP contribution in [-0.2, 0) is 0 Å². The van der Waals surface area contributed by atoms with Crippen LogP contribution in [0.15, 0.2) is 0 Å². The van der Waals surface area contributed by atoms with Gasteiger partial charge in [0.15, 0.2) is 0 Å². The predicted octanol–water partition coefficient (Wildman–Crippen LogP) is 3.12. The highest BCUT2D eigenvalue weighted by molar-refractivity contribution is 6.59. The quantitative estimate of drug-likeness (QED) is 0.769. The van der Waals surface area contributed by atoms with E-state index in [1.807, 2.05) is 13.8 Å². The van der Waals surface area contributed by atoms with Crippen molar-refractivity contribution in [2.24, 2.45) is 10.8 Å². The Morgan fingerprint density at radius 1 is 1.06 bits per heavy atom. The number of rotatable bonds is 4. The largest absolute Gasteiger partial charge is 0.392 e. The minimum atomic E-state index is -1.30. The van der Waals surface area contributed by atoms with E-state index in [1.165, 1.54) is 0 Å². The van der Waals surface area contributed by atoms with Crippen LogP contribution in [0.5, 0.6) is 0 Å². The fourth-order valence-electron chi connectivity index (χ4n) is 1.99. The monoisotopic (exact) mass is 241 g/mol. The van der Waals surface area contributed by atoms with E-state index in [9.17, 15) is 10.4 Å². The molecule has 0 aliphatic heterocycles. The molecule has 0 unspecified atom stereocenters. The number of nitriles is 1. The zero-order chi connectivity index (χ0) is 13.2. The van der Waals surface area contributed by atoms with Gasteiger partial charge in [-0.25, -0.2) is 0 Å². The van der Waals surface area contributed by atoms with Crippen LogP contribution in [0.3, 0.4) is 0 Å². The van der Waals surface area contributed by atoms with Gasteiger partial charge in [-0.1, -0.05) is 33.9 Å². The average molecular weight is 241 g/mol. The van der Waals surface area contributed by atoms with Gasteiger partial charge in [-0.05, 0) is 32.1 Å². The molecular formula is C13H27NOSi. The van der Waals surface area contributed by atoms with E-state index in [1.54, 1.807) is 0 Å². The second-order valence-corrected chi connectivity index (χ2v) is 10.1. The molecule has 0 fully saturated rings. The summed E-state index contributed by atoms with van der Waals surface area (Å²) in [5.41, 5.74) is -0.429. The van der Waals surface area contributed by atoms with Gasteiger partial charge in [-0.3, -0.25) is 0 Å². The molecule has 3 heteroatoms. The maximum atomic E-state index is 10.8. The second kappa shape index (κ2) is 4.89. The molecule has 0 aromatic rings. The molecule has 0 rings (SSSR count). The molecule has 0 heterocycles. The van der Waals surface area contributed by atoms with Crippen molar-refractivity contribution in [1.82, 2.24) is 0 Å². The van der Waals surface area contributed by atoms with Crippen molar-refractivity contribution >= 4 is 8.80 Å². The molecular weight excluding hydrogens is 214 g/mol. The van der Waals surface area contributed by atoms with E-state index >= 15 is 0 Å². The van der Waals surface area contributed by atoms with Gasteiger partial charge in [-0.2, -0.15) is 5.26 Å². The van der Waals surface area contributed by atoms with Crippen LogP contribution in [-0.4, -0.2) is 19.1 Å². The summed E-state index contributed by atoms with van der Waals surface area (Å²) in [7, 11) is -1.30. The third-order valence-corrected chi connectivity index (χ3v) is 6.49. The van der Waals surface area contributed by atoms with Gasteiger partial charge in [0, 0.05) is 0 Å². The number of hydrogen-bond donors (Lipinski definition) is 1. The molecule has 0 saturated heterocycles. The van der Waals surface area contributed by atoms with Crippen LogP contribution < -0.4 is 0 Å². The van der Waals surface area contributed by atoms with E-state index in [-0.39, 0.29) is 5.41 Å². The first kappa shape index (κ1) is 15.7. The molecule has 0 aliphatic rings. The maximum Gasteiger partial charge on any atom is 0.0770 e. The summed E-state index contributed by atoms with van der Waals surface area (Å²) in [6.45, 7) is 14.5. The summed E-state index contributed by atoms with van der Waals surface area (Å²) >= 11 is 0. The van der Waals surface area contributed by atoms with E-state index in [4.69, 9.17) is 0 Å². The molecule has 0 saturated carbocycles. The molecule has 0 aliphatic carbocycles. The van der Waals surface area contributed by atoms with Gasteiger partial charge in [0.1, 0.15) is 0 Å². The van der Waals surface area contributed by atoms with Gasteiger partial charge in [0.05, 0.1) is 25.5 Å². The molecule has 0 amide bonds. The van der Waals surface area contributed by atoms with E-state index < -0.39 is 19.4 Å². The lowest BCUT2D eigenvalue weighted by atomic mass is 9.80. The second-order valence-electron chi connectivity index (χ2n) is 6.88. The Morgan fingerprint density at radius 3 is 1.75 bits per heavy atom. The van der Waals surface area contributed by atoms with Crippen molar-refractivity contribution in [3.05, 3.63) is 0 Å². The van der Waals surface area contributed by atoms with Crippen LogP contribution in [0.25, 0.3) is 0 Å². The zero-order valence-corrected chi connectivity index (χ0v) is 13.0. The highest BCUT2D eigenvalue weighted by Gasteiger charge is 2.46. The Kier molecular flexibility index (Phi) is 4.79. The topological polar surface area (TPSA) is 44.0 Å². The van der Waals surface area contributed by atoms with Crippen LogP contribution in [0.1, 0.15) is 47.5 Å². The van der Waals surface area contributed by atoms with Crippen LogP contribution in [0, 0.1) is 22.2 Å². The Bertz CT molecular complexity index is 273. The lowest BCUT2D eigenvalue weighted by Crippen LogP contribution is -2.54. The Labute approximate surface area is 102 Å². The van der Waals surface area contributed by atoms with Crippen LogP contribution in [0.4, 0.5) is 0 Å². The molecule has 2 nitrogen and oxygen atoms in total. The summed E-state index contributed by atoms with van der Waals surface area (Å²) < 4.78 is 0. The number of aliphatic hydroxyl groups is 1. The summed E-state index contributed by atoms with van der Waals surface area (Å²) in [6, 6.07) is 2.28. The lowest BCUT2D eigenvalue weighted by Gasteiger charge is -2.42. The molecule has 0 bridgehead atoms. The minimum absolute atomic E-state index is 0.211. The van der Waals surface area contributed by atoms with Gasteiger partial charge in [-0.15, -0.1) is 0 Å². The average Bonchev–Trinajstić information content (AvgIpc) is 2.12. The molecule has 0 radical (unpaired) electrons. The summed E-state index contributed by atoms with van der Waals surface area (Å²) in [4.78, 5) is 0. The van der Waals surface area contributed by atoms with Crippen LogP contribution >= 0.6 is 0 Å². The normalized spacial score (nSPS) is 17.0. The van der Waals surface area contributed by atoms with E-state index in [0.717, 1.165) is 12.8 Å². The highest BCUT2D eigenvalue weighted by atomic mass is 28.3. The predicted molar refractivity (Wildman–Crippen MR) is 71.9 cm³/mol. The Balaban J connectivity index is 4.95. The third kappa shape index (κ3) is 3.60. The van der Waals surface area contributed by atoms with Gasteiger partial charge < -0.3 is 5.11 Å².